The Bertz CT molecular complexity index is 855. The topological polar surface area (TPSA) is 62.2 Å². The van der Waals surface area contributed by atoms with E-state index in [1.54, 1.807) is 0 Å². The maximum absolute atomic E-state index is 12.8. The summed E-state index contributed by atoms with van der Waals surface area (Å²) in [5.74, 6) is 0.805. The van der Waals surface area contributed by atoms with Gasteiger partial charge in [0.25, 0.3) is 0 Å². The van der Waals surface area contributed by atoms with Gasteiger partial charge in [-0.3, -0.25) is 0 Å². The number of carbonyl (C=O) groups is 1. The lowest BCUT2D eigenvalue weighted by atomic mass is 9.80. The first kappa shape index (κ1) is 21.7. The van der Waals surface area contributed by atoms with E-state index in [-0.39, 0.29) is 24.8 Å². The summed E-state index contributed by atoms with van der Waals surface area (Å²) < 4.78 is 11.3. The van der Waals surface area contributed by atoms with Gasteiger partial charge in [-0.15, -0.1) is 0 Å². The van der Waals surface area contributed by atoms with Gasteiger partial charge in [0.1, 0.15) is 19.0 Å². The van der Waals surface area contributed by atoms with Crippen molar-refractivity contribution in [2.75, 3.05) is 27.2 Å². The summed E-state index contributed by atoms with van der Waals surface area (Å²) in [6, 6.07) is 17.5. The number of likely N-dealkylation sites (N-methyl/N-ethyl adjacent to an activating group) is 1. The van der Waals surface area contributed by atoms with Crippen molar-refractivity contribution < 1.29 is 19.4 Å². The SMILES string of the molecule is CN(C)CCOc1ccc(C2(O)CC3CCC(C2)N3C(=O)OCc2ccccc2)cc1. The normalized spacial score (nSPS) is 25.0. The fourth-order valence-corrected chi connectivity index (χ4v) is 4.76. The smallest absolute Gasteiger partial charge is 0.410 e. The van der Waals surface area contributed by atoms with Gasteiger partial charge in [0.2, 0.25) is 0 Å². The van der Waals surface area contributed by atoms with Gasteiger partial charge < -0.3 is 24.4 Å². The first-order valence-electron chi connectivity index (χ1n) is 11.0. The number of amides is 1. The summed E-state index contributed by atoms with van der Waals surface area (Å²) in [7, 11) is 4.03. The number of piperidine rings is 1. The molecule has 31 heavy (non-hydrogen) atoms. The van der Waals surface area contributed by atoms with E-state index in [1.807, 2.05) is 73.6 Å². The van der Waals surface area contributed by atoms with Gasteiger partial charge in [-0.05, 0) is 50.2 Å². The van der Waals surface area contributed by atoms with Gasteiger partial charge in [-0.25, -0.2) is 4.79 Å². The zero-order chi connectivity index (χ0) is 21.8. The molecule has 2 aliphatic heterocycles. The van der Waals surface area contributed by atoms with E-state index in [0.717, 1.165) is 36.3 Å². The van der Waals surface area contributed by atoms with Crippen molar-refractivity contribution >= 4 is 6.09 Å². The van der Waals surface area contributed by atoms with Crippen LogP contribution in [-0.2, 0) is 16.9 Å². The van der Waals surface area contributed by atoms with Crippen molar-refractivity contribution in [3.05, 3.63) is 65.7 Å². The van der Waals surface area contributed by atoms with Crippen molar-refractivity contribution in [2.45, 2.75) is 50.0 Å². The van der Waals surface area contributed by atoms with Crippen LogP contribution in [0.25, 0.3) is 0 Å². The Morgan fingerprint density at radius 3 is 2.32 bits per heavy atom. The predicted octanol–water partition coefficient (Wildman–Crippen LogP) is 3.78. The Balaban J connectivity index is 1.37. The number of hydrogen-bond acceptors (Lipinski definition) is 5. The van der Waals surface area contributed by atoms with Crippen LogP contribution in [-0.4, -0.2) is 60.3 Å². The van der Waals surface area contributed by atoms with Gasteiger partial charge in [-0.2, -0.15) is 0 Å². The third-order valence-corrected chi connectivity index (χ3v) is 6.38. The molecular formula is C25H32N2O4. The van der Waals surface area contributed by atoms with Crippen molar-refractivity contribution in [3.63, 3.8) is 0 Å². The van der Waals surface area contributed by atoms with Crippen LogP contribution in [0.15, 0.2) is 54.6 Å². The Kier molecular flexibility index (Phi) is 6.49. The molecule has 6 heteroatoms. The molecule has 2 aromatic rings. The zero-order valence-electron chi connectivity index (χ0n) is 18.4. The Morgan fingerprint density at radius 2 is 1.71 bits per heavy atom. The molecular weight excluding hydrogens is 392 g/mol. The van der Waals surface area contributed by atoms with Crippen LogP contribution in [0.5, 0.6) is 5.75 Å². The monoisotopic (exact) mass is 424 g/mol. The minimum absolute atomic E-state index is 0.00282. The van der Waals surface area contributed by atoms with Crippen molar-refractivity contribution in [1.82, 2.24) is 9.80 Å². The summed E-state index contributed by atoms with van der Waals surface area (Å²) in [5, 5.41) is 11.4. The molecule has 4 rings (SSSR count). The average molecular weight is 425 g/mol. The van der Waals surface area contributed by atoms with E-state index in [1.165, 1.54) is 0 Å². The molecule has 2 aromatic carbocycles. The molecule has 0 spiro atoms. The maximum atomic E-state index is 12.8. The molecule has 2 bridgehead atoms. The van der Waals surface area contributed by atoms with Gasteiger partial charge >= 0.3 is 6.09 Å². The first-order chi connectivity index (χ1) is 14.9. The van der Waals surface area contributed by atoms with Crippen LogP contribution in [0.1, 0.15) is 36.8 Å². The summed E-state index contributed by atoms with van der Waals surface area (Å²) >= 11 is 0. The Hall–Kier alpha value is -2.57. The molecule has 1 amide bonds. The Labute approximate surface area is 184 Å². The lowest BCUT2D eigenvalue weighted by Crippen LogP contribution is -2.52. The second-order valence-electron chi connectivity index (χ2n) is 8.95. The summed E-state index contributed by atoms with van der Waals surface area (Å²) in [4.78, 5) is 16.7. The van der Waals surface area contributed by atoms with Crippen molar-refractivity contribution in [2.24, 2.45) is 0 Å². The second kappa shape index (κ2) is 9.28. The van der Waals surface area contributed by atoms with E-state index < -0.39 is 5.60 Å². The Morgan fingerprint density at radius 1 is 1.06 bits per heavy atom. The number of nitrogens with zero attached hydrogens (tertiary/aromatic N) is 2. The van der Waals surface area contributed by atoms with Crippen LogP contribution >= 0.6 is 0 Å². The molecule has 6 nitrogen and oxygen atoms in total. The molecule has 2 saturated heterocycles. The van der Waals surface area contributed by atoms with Crippen LogP contribution in [0, 0.1) is 0 Å². The summed E-state index contributed by atoms with van der Waals surface area (Å²) in [6.07, 6.45) is 2.59. The highest BCUT2D eigenvalue weighted by molar-refractivity contribution is 5.69. The third-order valence-electron chi connectivity index (χ3n) is 6.38. The molecule has 2 atom stereocenters. The minimum Gasteiger partial charge on any atom is -0.492 e. The van der Waals surface area contributed by atoms with E-state index in [2.05, 4.69) is 4.90 Å². The number of aliphatic hydroxyl groups is 1. The predicted molar refractivity (Wildman–Crippen MR) is 119 cm³/mol. The number of fused-ring (bicyclic) bond motifs is 2. The van der Waals surface area contributed by atoms with E-state index in [9.17, 15) is 9.90 Å². The average Bonchev–Trinajstić information content (AvgIpc) is 3.05. The lowest BCUT2D eigenvalue weighted by Gasteiger charge is -2.43. The van der Waals surface area contributed by atoms with Crippen molar-refractivity contribution in [3.8, 4) is 5.75 Å². The quantitative estimate of drug-likeness (QED) is 0.733. The molecule has 0 saturated carbocycles. The molecule has 0 aromatic heterocycles. The number of rotatable bonds is 7. The van der Waals surface area contributed by atoms with Crippen LogP contribution in [0.2, 0.25) is 0 Å². The second-order valence-corrected chi connectivity index (χ2v) is 8.95. The fraction of sp³-hybridized carbons (Fsp3) is 0.480. The molecule has 2 fully saturated rings. The number of benzene rings is 2. The number of hydrogen-bond donors (Lipinski definition) is 1. The molecule has 2 heterocycles. The highest BCUT2D eigenvalue weighted by Crippen LogP contribution is 2.46. The molecule has 0 radical (unpaired) electrons. The summed E-state index contributed by atoms with van der Waals surface area (Å²) in [5.41, 5.74) is 0.941. The van der Waals surface area contributed by atoms with Gasteiger partial charge in [-0.1, -0.05) is 42.5 Å². The molecule has 2 aliphatic rings. The zero-order valence-corrected chi connectivity index (χ0v) is 18.4. The largest absolute Gasteiger partial charge is 0.492 e. The van der Waals surface area contributed by atoms with Crippen LogP contribution in [0.4, 0.5) is 4.79 Å². The van der Waals surface area contributed by atoms with Crippen LogP contribution < -0.4 is 4.74 Å². The van der Waals surface area contributed by atoms with E-state index >= 15 is 0 Å². The van der Waals surface area contributed by atoms with Gasteiger partial charge in [0.15, 0.2) is 0 Å². The van der Waals surface area contributed by atoms with Crippen LogP contribution in [0.3, 0.4) is 0 Å². The van der Waals surface area contributed by atoms with Crippen molar-refractivity contribution in [1.29, 1.82) is 0 Å². The molecule has 2 unspecified atom stereocenters. The minimum atomic E-state index is -0.926. The number of carbonyl (C=O) groups excluding carboxylic acids is 1. The van der Waals surface area contributed by atoms with Gasteiger partial charge in [0, 0.05) is 31.5 Å². The van der Waals surface area contributed by atoms with E-state index in [4.69, 9.17) is 9.47 Å². The standard InChI is InChI=1S/C25H32N2O4/c1-26(2)14-15-30-23-12-8-20(9-13-23)25(29)16-21-10-11-22(17-25)27(21)24(28)31-18-19-6-4-3-5-7-19/h3-9,12-13,21-22,29H,10-11,14-18H2,1-2H3. The molecule has 1 N–H and O–H groups in total. The van der Waals surface area contributed by atoms with E-state index in [0.29, 0.717) is 19.4 Å². The highest BCUT2D eigenvalue weighted by Gasteiger charge is 2.50. The fourth-order valence-electron chi connectivity index (χ4n) is 4.76. The molecule has 166 valence electrons. The lowest BCUT2D eigenvalue weighted by molar-refractivity contribution is -0.0537. The maximum Gasteiger partial charge on any atom is 0.410 e. The van der Waals surface area contributed by atoms with Gasteiger partial charge in [0.05, 0.1) is 5.60 Å². The highest BCUT2D eigenvalue weighted by atomic mass is 16.6. The first-order valence-corrected chi connectivity index (χ1v) is 11.0. The third kappa shape index (κ3) is 5.02. The number of ether oxygens (including phenoxy) is 2. The summed E-state index contributed by atoms with van der Waals surface area (Å²) in [6.45, 7) is 1.75. The molecule has 0 aliphatic carbocycles.